The van der Waals surface area contributed by atoms with Gasteiger partial charge in [-0.3, -0.25) is 14.5 Å². The van der Waals surface area contributed by atoms with Crippen molar-refractivity contribution in [3.8, 4) is 22.8 Å². The predicted octanol–water partition coefficient (Wildman–Crippen LogP) is 3.23. The van der Waals surface area contributed by atoms with Crippen molar-refractivity contribution < 1.29 is 23.8 Å². The van der Waals surface area contributed by atoms with Crippen molar-refractivity contribution in [2.75, 3.05) is 25.7 Å². The van der Waals surface area contributed by atoms with Gasteiger partial charge < -0.3 is 24.8 Å². The summed E-state index contributed by atoms with van der Waals surface area (Å²) in [7, 11) is 2.88. The van der Waals surface area contributed by atoms with Crippen LogP contribution in [-0.4, -0.2) is 68.2 Å². The van der Waals surface area contributed by atoms with Gasteiger partial charge in [-0.15, -0.1) is 0 Å². The molecule has 1 saturated heterocycles. The van der Waals surface area contributed by atoms with Gasteiger partial charge in [-0.2, -0.15) is 5.10 Å². The molecule has 204 valence electrons. The highest BCUT2D eigenvalue weighted by Gasteiger charge is 2.28. The highest BCUT2D eigenvalue weighted by Crippen LogP contribution is 2.37. The number of hydrogen-bond donors (Lipinski definition) is 2. The van der Waals surface area contributed by atoms with Crippen molar-refractivity contribution in [3.05, 3.63) is 48.7 Å². The molecular weight excluding hydrogens is 505 g/mol. The minimum Gasteiger partial charge on any atom is -0.497 e. The van der Waals surface area contributed by atoms with Crippen LogP contribution in [0.3, 0.4) is 0 Å². The number of anilines is 2. The number of rotatable bonds is 9. The number of carbonyl (C=O) groups is 1. The lowest BCUT2D eigenvalue weighted by molar-refractivity contribution is -0.119. The maximum absolute atomic E-state index is 15.6. The van der Waals surface area contributed by atoms with Crippen molar-refractivity contribution in [1.82, 2.24) is 30.0 Å². The van der Waals surface area contributed by atoms with E-state index in [1.807, 2.05) is 0 Å². The van der Waals surface area contributed by atoms with E-state index in [9.17, 15) is 9.90 Å². The van der Waals surface area contributed by atoms with E-state index in [4.69, 9.17) is 19.4 Å². The maximum Gasteiger partial charge on any atom is 0.220 e. The van der Waals surface area contributed by atoms with Gasteiger partial charge in [0.1, 0.15) is 17.1 Å². The number of aliphatic hydroxyl groups is 1. The average Bonchev–Trinajstić information content (AvgIpc) is 3.54. The number of aromatic nitrogens is 5. The molecule has 1 atom stereocenters. The molecule has 1 unspecified atom stereocenters. The third kappa shape index (κ3) is 5.75. The Kier molecular flexibility index (Phi) is 7.04. The lowest BCUT2D eigenvalue weighted by Crippen LogP contribution is -2.37. The predicted molar refractivity (Wildman–Crippen MR) is 143 cm³/mol. The van der Waals surface area contributed by atoms with E-state index in [2.05, 4.69) is 15.4 Å². The highest BCUT2D eigenvalue weighted by molar-refractivity contribution is 5.79. The van der Waals surface area contributed by atoms with Crippen LogP contribution in [0.4, 0.5) is 15.9 Å². The third-order valence-electron chi connectivity index (χ3n) is 6.37. The zero-order valence-electron chi connectivity index (χ0n) is 22.2. The van der Waals surface area contributed by atoms with E-state index in [-0.39, 0.29) is 29.9 Å². The van der Waals surface area contributed by atoms with Crippen LogP contribution in [0.5, 0.6) is 11.5 Å². The van der Waals surface area contributed by atoms with Gasteiger partial charge in [0.15, 0.2) is 17.2 Å². The van der Waals surface area contributed by atoms with Gasteiger partial charge in [-0.05, 0) is 32.4 Å². The van der Waals surface area contributed by atoms with Crippen molar-refractivity contribution in [3.63, 3.8) is 0 Å². The van der Waals surface area contributed by atoms with Crippen molar-refractivity contribution in [2.45, 2.75) is 44.9 Å². The molecule has 1 aromatic carbocycles. The minimum atomic E-state index is -0.921. The largest absolute Gasteiger partial charge is 0.497 e. The third-order valence-corrected chi connectivity index (χ3v) is 6.37. The van der Waals surface area contributed by atoms with Crippen molar-refractivity contribution >= 4 is 28.6 Å². The fourth-order valence-corrected chi connectivity index (χ4v) is 4.53. The molecule has 3 aromatic heterocycles. The summed E-state index contributed by atoms with van der Waals surface area (Å²) in [5.41, 5.74) is 1.46. The number of nitrogens with zero attached hydrogens (tertiary/aromatic N) is 6. The Morgan fingerprint density at radius 1 is 1.21 bits per heavy atom. The number of methoxy groups -OCH3 is 2. The molecule has 0 saturated carbocycles. The Hall–Kier alpha value is -4.32. The lowest BCUT2D eigenvalue weighted by Gasteiger charge is -2.28. The number of pyridine rings is 1. The molecule has 12 heteroatoms. The van der Waals surface area contributed by atoms with Gasteiger partial charge in [0.25, 0.3) is 0 Å². The number of fused-ring (bicyclic) bond motifs is 1. The Morgan fingerprint density at radius 2 is 2.03 bits per heavy atom. The van der Waals surface area contributed by atoms with Crippen molar-refractivity contribution in [1.29, 1.82) is 0 Å². The maximum atomic E-state index is 15.6. The molecule has 4 heterocycles. The molecule has 0 radical (unpaired) electrons. The minimum absolute atomic E-state index is 0.0238. The fraction of sp³-hybridized carbons (Fsp3) is 0.370. The second-order valence-corrected chi connectivity index (χ2v) is 10.1. The summed E-state index contributed by atoms with van der Waals surface area (Å²) in [4.78, 5) is 27.5. The number of amides is 1. The Labute approximate surface area is 224 Å². The van der Waals surface area contributed by atoms with Crippen LogP contribution >= 0.6 is 0 Å². The van der Waals surface area contributed by atoms with E-state index in [1.165, 1.54) is 20.3 Å². The second-order valence-electron chi connectivity index (χ2n) is 10.1. The first-order chi connectivity index (χ1) is 18.6. The molecule has 4 aromatic rings. The summed E-state index contributed by atoms with van der Waals surface area (Å²) in [5, 5.41) is 17.3. The smallest absolute Gasteiger partial charge is 0.220 e. The molecule has 11 nitrogen and oxygen atoms in total. The van der Waals surface area contributed by atoms with E-state index in [0.29, 0.717) is 47.8 Å². The van der Waals surface area contributed by atoms with E-state index >= 15 is 4.39 Å². The van der Waals surface area contributed by atoms with Gasteiger partial charge in [-0.25, -0.2) is 14.4 Å². The van der Waals surface area contributed by atoms with Crippen LogP contribution in [-0.2, 0) is 11.3 Å². The summed E-state index contributed by atoms with van der Waals surface area (Å²) in [6.07, 6.45) is 6.09. The molecule has 0 aliphatic carbocycles. The number of halogens is 1. The normalized spacial score (nSPS) is 15.4. The first-order valence-corrected chi connectivity index (χ1v) is 12.5. The molecule has 39 heavy (non-hydrogen) atoms. The summed E-state index contributed by atoms with van der Waals surface area (Å²) in [6.45, 7) is 4.01. The van der Waals surface area contributed by atoms with E-state index in [0.717, 1.165) is 5.56 Å². The zero-order valence-corrected chi connectivity index (χ0v) is 22.2. The van der Waals surface area contributed by atoms with Gasteiger partial charge in [0.2, 0.25) is 5.91 Å². The second kappa shape index (κ2) is 10.4. The van der Waals surface area contributed by atoms with Crippen LogP contribution in [0.2, 0.25) is 0 Å². The molecule has 0 bridgehead atoms. The molecule has 1 aliphatic rings. The topological polar surface area (TPSA) is 128 Å². The Balaban J connectivity index is 1.56. The van der Waals surface area contributed by atoms with E-state index in [1.54, 1.807) is 60.2 Å². The molecule has 1 amide bonds. The van der Waals surface area contributed by atoms with Gasteiger partial charge in [0.05, 0.1) is 50.1 Å². The lowest BCUT2D eigenvalue weighted by atomic mass is 10.1. The van der Waals surface area contributed by atoms with Gasteiger partial charge in [-0.1, -0.05) is 0 Å². The summed E-state index contributed by atoms with van der Waals surface area (Å²) in [6, 6.07) is 6.34. The van der Waals surface area contributed by atoms with Crippen LogP contribution in [0.15, 0.2) is 42.9 Å². The molecule has 5 rings (SSSR count). The van der Waals surface area contributed by atoms with Gasteiger partial charge >= 0.3 is 0 Å². The number of benzene rings is 1. The Morgan fingerprint density at radius 3 is 2.72 bits per heavy atom. The van der Waals surface area contributed by atoms with Crippen LogP contribution in [0.25, 0.3) is 22.4 Å². The molecule has 2 N–H and O–H groups in total. The highest BCUT2D eigenvalue weighted by atomic mass is 19.1. The molecule has 1 fully saturated rings. The molecule has 0 spiro atoms. The average molecular weight is 536 g/mol. The number of hydrogen-bond acceptors (Lipinski definition) is 9. The van der Waals surface area contributed by atoms with Gasteiger partial charge in [0, 0.05) is 42.9 Å². The summed E-state index contributed by atoms with van der Waals surface area (Å²) < 4.78 is 27.9. The summed E-state index contributed by atoms with van der Waals surface area (Å²) >= 11 is 0. The van der Waals surface area contributed by atoms with Crippen molar-refractivity contribution in [2.24, 2.45) is 0 Å². The van der Waals surface area contributed by atoms with E-state index < -0.39 is 11.4 Å². The number of nitrogens with one attached hydrogen (secondary N) is 1. The molecular formula is C27H30FN7O4. The zero-order chi connectivity index (χ0) is 27.7. The first-order valence-electron chi connectivity index (χ1n) is 12.5. The van der Waals surface area contributed by atoms with Crippen LogP contribution in [0, 0.1) is 5.82 Å². The van der Waals surface area contributed by atoms with Crippen LogP contribution in [0.1, 0.15) is 26.7 Å². The van der Waals surface area contributed by atoms with Crippen LogP contribution < -0.4 is 19.7 Å². The fourth-order valence-electron chi connectivity index (χ4n) is 4.53. The quantitative estimate of drug-likeness (QED) is 0.332. The molecule has 1 aliphatic heterocycles. The number of carbonyl (C=O) groups excluding carboxylic acids is 1. The summed E-state index contributed by atoms with van der Waals surface area (Å²) in [5.74, 6) is 0.228. The SMILES string of the molecule is COc1cc(OC)c(F)c(N(CC2CCC(=O)N2)c2ccc3ncc(-c4cnn(CC(C)(C)O)c4)nc3n2)c1. The first kappa shape index (κ1) is 26.3. The monoisotopic (exact) mass is 535 g/mol. The standard InChI is InChI=1S/C27H30FN7O4/c1-27(2,37)15-34-13-16(11-30-34)20-12-29-19-6-7-23(33-26(19)32-20)35(14-17-5-8-24(36)31-17)21-9-18(38-3)10-22(39-4)25(21)28/h6-7,9-13,17,37H,5,8,14-15H2,1-4H3,(H,31,36). The number of ether oxygens (including phenoxy) is 2. The Bertz CT molecular complexity index is 1520.